The molecule has 0 radical (unpaired) electrons. The fraction of sp³-hybridized carbons (Fsp3) is 0.140. The van der Waals surface area contributed by atoms with Crippen molar-refractivity contribution in [1.82, 2.24) is 4.57 Å². The third-order valence-electron chi connectivity index (χ3n) is 11.5. The topological polar surface area (TPSA) is 22.0 Å². The van der Waals surface area contributed by atoms with Gasteiger partial charge in [-0.3, -0.25) is 9.36 Å². The van der Waals surface area contributed by atoms with E-state index in [0.29, 0.717) is 0 Å². The highest BCUT2D eigenvalue weighted by molar-refractivity contribution is 6.09. The van der Waals surface area contributed by atoms with Crippen LogP contribution in [-0.2, 0) is 10.8 Å². The van der Waals surface area contributed by atoms with Gasteiger partial charge < -0.3 is 0 Å². The molecule has 1 aliphatic heterocycles. The summed E-state index contributed by atoms with van der Waals surface area (Å²) in [6.07, 6.45) is 1.88. The zero-order valence-corrected chi connectivity index (χ0v) is 25.4. The number of hydrogen-bond donors (Lipinski definition) is 0. The number of rotatable bonds is 2. The second kappa shape index (κ2) is 8.49. The molecule has 0 amide bonds. The molecule has 0 saturated carbocycles. The smallest absolute Gasteiger partial charge is 0.263 e. The van der Waals surface area contributed by atoms with E-state index in [4.69, 9.17) is 0 Å². The van der Waals surface area contributed by atoms with Gasteiger partial charge in [-0.15, -0.1) is 0 Å². The number of hydrogen-bond acceptors (Lipinski definition) is 1. The summed E-state index contributed by atoms with van der Waals surface area (Å²) in [4.78, 5) is 14.6. The van der Waals surface area contributed by atoms with E-state index < -0.39 is 5.41 Å². The Morgan fingerprint density at radius 2 is 1.04 bits per heavy atom. The highest BCUT2D eigenvalue weighted by atomic mass is 16.1. The first-order chi connectivity index (χ1) is 22.2. The molecule has 45 heavy (non-hydrogen) atoms. The van der Waals surface area contributed by atoms with Crippen LogP contribution >= 0.6 is 0 Å². The molecule has 2 heterocycles. The quantitative estimate of drug-likeness (QED) is 0.187. The van der Waals surface area contributed by atoms with E-state index in [-0.39, 0.29) is 11.0 Å². The maximum atomic E-state index is 14.6. The molecule has 3 aliphatic rings. The molecule has 1 aromatic heterocycles. The highest BCUT2D eigenvalue weighted by Gasteiger charge is 2.54. The van der Waals surface area contributed by atoms with E-state index in [1.54, 1.807) is 0 Å². The van der Waals surface area contributed by atoms with E-state index in [1.165, 1.54) is 55.6 Å². The molecule has 6 aromatic carbocycles. The number of benzene rings is 6. The van der Waals surface area contributed by atoms with Crippen LogP contribution in [0.5, 0.6) is 0 Å². The summed E-state index contributed by atoms with van der Waals surface area (Å²) in [6.45, 7) is 4.66. The third-order valence-corrected chi connectivity index (χ3v) is 11.5. The molecular formula is C43H31NO. The summed E-state index contributed by atoms with van der Waals surface area (Å²) in [5.41, 5.74) is 14.6. The minimum Gasteiger partial charge on any atom is -0.276 e. The Labute approximate surface area is 262 Å². The van der Waals surface area contributed by atoms with E-state index in [2.05, 4.69) is 128 Å². The molecule has 1 spiro atoms. The fourth-order valence-electron chi connectivity index (χ4n) is 9.71. The van der Waals surface area contributed by atoms with Crippen LogP contribution in [0.4, 0.5) is 0 Å². The van der Waals surface area contributed by atoms with Crippen molar-refractivity contribution in [2.75, 3.05) is 0 Å². The Bertz CT molecular complexity index is 2450. The molecule has 2 heteroatoms. The van der Waals surface area contributed by atoms with E-state index in [0.717, 1.165) is 40.2 Å². The SMILES string of the molecule is CCC1(CC)c2c(ccc3c2-c2ccccc2C32c3ccccc3-c3ccccc32)-n2c(=O)c3ccccc3c3cccc1c32. The van der Waals surface area contributed by atoms with Crippen molar-refractivity contribution in [1.29, 1.82) is 0 Å². The van der Waals surface area contributed by atoms with Crippen LogP contribution < -0.4 is 5.56 Å². The molecule has 0 saturated heterocycles. The van der Waals surface area contributed by atoms with Gasteiger partial charge in [0.1, 0.15) is 0 Å². The lowest BCUT2D eigenvalue weighted by atomic mass is 9.64. The van der Waals surface area contributed by atoms with E-state index >= 15 is 0 Å². The second-order valence-corrected chi connectivity index (χ2v) is 12.9. The second-order valence-electron chi connectivity index (χ2n) is 12.9. The van der Waals surface area contributed by atoms with Crippen LogP contribution in [0.2, 0.25) is 0 Å². The van der Waals surface area contributed by atoms with Gasteiger partial charge in [-0.25, -0.2) is 0 Å². The average Bonchev–Trinajstić information content (AvgIpc) is 3.57. The van der Waals surface area contributed by atoms with Gasteiger partial charge in [0.05, 0.1) is 16.6 Å². The summed E-state index contributed by atoms with van der Waals surface area (Å²) in [5, 5.41) is 2.95. The number of fused-ring (bicyclic) bond motifs is 15. The molecule has 0 bridgehead atoms. The van der Waals surface area contributed by atoms with Gasteiger partial charge in [-0.1, -0.05) is 129 Å². The van der Waals surface area contributed by atoms with Crippen LogP contribution in [0.1, 0.15) is 60.1 Å². The lowest BCUT2D eigenvalue weighted by Crippen LogP contribution is -2.36. The predicted octanol–water partition coefficient (Wildman–Crippen LogP) is 9.91. The zero-order chi connectivity index (χ0) is 30.1. The molecule has 2 aliphatic carbocycles. The largest absolute Gasteiger partial charge is 0.276 e. The molecule has 2 nitrogen and oxygen atoms in total. The summed E-state index contributed by atoms with van der Waals surface area (Å²) in [7, 11) is 0. The minimum atomic E-state index is -0.415. The van der Waals surface area contributed by atoms with Crippen LogP contribution in [-0.4, -0.2) is 4.57 Å². The summed E-state index contributed by atoms with van der Waals surface area (Å²) in [6, 6.07) is 46.4. The van der Waals surface area contributed by atoms with E-state index in [1.807, 2.05) is 18.2 Å². The van der Waals surface area contributed by atoms with Gasteiger partial charge in [-0.2, -0.15) is 0 Å². The minimum absolute atomic E-state index is 0.0603. The molecule has 0 fully saturated rings. The highest BCUT2D eigenvalue weighted by Crippen LogP contribution is 2.65. The van der Waals surface area contributed by atoms with Gasteiger partial charge in [0.25, 0.3) is 5.56 Å². The molecule has 7 aromatic rings. The fourth-order valence-corrected chi connectivity index (χ4v) is 9.71. The first-order valence-corrected chi connectivity index (χ1v) is 16.2. The zero-order valence-electron chi connectivity index (χ0n) is 25.4. The molecule has 0 N–H and O–H groups in total. The molecule has 10 rings (SSSR count). The van der Waals surface area contributed by atoms with Crippen molar-refractivity contribution < 1.29 is 0 Å². The van der Waals surface area contributed by atoms with Gasteiger partial charge in [-0.05, 0) is 86.0 Å². The van der Waals surface area contributed by atoms with Crippen molar-refractivity contribution >= 4 is 21.7 Å². The van der Waals surface area contributed by atoms with Gasteiger partial charge in [0.2, 0.25) is 0 Å². The lowest BCUT2D eigenvalue weighted by molar-refractivity contribution is 0.473. The molecule has 0 atom stereocenters. The average molecular weight is 578 g/mol. The molecule has 214 valence electrons. The lowest BCUT2D eigenvalue weighted by Gasteiger charge is -2.42. The first-order valence-electron chi connectivity index (χ1n) is 16.2. The normalized spacial score (nSPS) is 15.5. The third kappa shape index (κ3) is 2.69. The summed E-state index contributed by atoms with van der Waals surface area (Å²) in [5.74, 6) is 0. The van der Waals surface area contributed by atoms with Crippen LogP contribution in [0.15, 0.2) is 132 Å². The number of pyridine rings is 1. The van der Waals surface area contributed by atoms with Crippen LogP contribution in [0.25, 0.3) is 49.6 Å². The van der Waals surface area contributed by atoms with E-state index in [9.17, 15) is 4.79 Å². The maximum absolute atomic E-state index is 14.6. The Kier molecular flexibility index (Phi) is 4.74. The first kappa shape index (κ1) is 25.2. The Morgan fingerprint density at radius 1 is 0.511 bits per heavy atom. The van der Waals surface area contributed by atoms with Crippen molar-refractivity contribution in [3.05, 3.63) is 171 Å². The number of para-hydroxylation sites is 1. The standard InChI is InChI=1S/C43H31NO/c1-3-42(4-2)36-23-13-19-29-26-14-5-6-17-30(26)41(45)44(40(29)36)37-25-24-35-38(39(37)42)31-18-9-12-22-34(31)43(35)32-20-10-7-15-27(32)28-16-8-11-21-33(28)43/h5-25H,3-4H2,1-2H3. The van der Waals surface area contributed by atoms with Crippen molar-refractivity contribution in [2.24, 2.45) is 0 Å². The summed E-state index contributed by atoms with van der Waals surface area (Å²) >= 11 is 0. The summed E-state index contributed by atoms with van der Waals surface area (Å²) < 4.78 is 2.05. The van der Waals surface area contributed by atoms with Crippen molar-refractivity contribution in [3.8, 4) is 27.9 Å². The van der Waals surface area contributed by atoms with Crippen LogP contribution in [0.3, 0.4) is 0 Å². The van der Waals surface area contributed by atoms with Gasteiger partial charge >= 0.3 is 0 Å². The van der Waals surface area contributed by atoms with Crippen molar-refractivity contribution in [3.63, 3.8) is 0 Å². The van der Waals surface area contributed by atoms with Gasteiger partial charge in [0, 0.05) is 16.2 Å². The van der Waals surface area contributed by atoms with Crippen LogP contribution in [0, 0.1) is 0 Å². The maximum Gasteiger partial charge on any atom is 0.263 e. The predicted molar refractivity (Wildman–Crippen MR) is 185 cm³/mol. The Hall–Kier alpha value is -5.21. The monoisotopic (exact) mass is 577 g/mol. The van der Waals surface area contributed by atoms with Gasteiger partial charge in [0.15, 0.2) is 0 Å². The Morgan fingerprint density at radius 3 is 1.71 bits per heavy atom. The number of nitrogens with zero attached hydrogens (tertiary/aromatic N) is 1. The number of aromatic nitrogens is 1. The van der Waals surface area contributed by atoms with Crippen molar-refractivity contribution in [2.45, 2.75) is 37.5 Å². The Balaban J connectivity index is 1.44. The molecular weight excluding hydrogens is 546 g/mol. The molecule has 0 unspecified atom stereocenters.